The summed E-state index contributed by atoms with van der Waals surface area (Å²) < 4.78 is 0. The number of hydrogen-bond donors (Lipinski definition) is 2. The first-order chi connectivity index (χ1) is 9.15. The van der Waals surface area contributed by atoms with Crippen molar-refractivity contribution in [2.45, 2.75) is 71.6 Å². The van der Waals surface area contributed by atoms with Gasteiger partial charge in [-0.25, -0.2) is 0 Å². The van der Waals surface area contributed by atoms with Crippen molar-refractivity contribution in [1.82, 2.24) is 15.1 Å². The molecule has 0 spiro atoms. The van der Waals surface area contributed by atoms with Crippen LogP contribution in [0.3, 0.4) is 0 Å². The maximum absolute atomic E-state index is 9.73. The molecule has 0 aliphatic heterocycles. The van der Waals surface area contributed by atoms with E-state index in [4.69, 9.17) is 0 Å². The number of likely N-dealkylation sites (N-methyl/N-ethyl adjacent to an activating group) is 2. The first-order valence-electron chi connectivity index (χ1n) is 7.94. The van der Waals surface area contributed by atoms with Crippen molar-refractivity contribution < 1.29 is 5.11 Å². The molecule has 0 aromatic carbocycles. The van der Waals surface area contributed by atoms with Crippen LogP contribution in [0, 0.1) is 0 Å². The summed E-state index contributed by atoms with van der Waals surface area (Å²) in [6.07, 6.45) is 0.952. The van der Waals surface area contributed by atoms with Crippen LogP contribution in [0.4, 0.5) is 0 Å². The summed E-state index contributed by atoms with van der Waals surface area (Å²) in [4.78, 5) is 4.76. The molecule has 0 amide bonds. The van der Waals surface area contributed by atoms with E-state index in [1.807, 2.05) is 0 Å². The van der Waals surface area contributed by atoms with Crippen molar-refractivity contribution >= 4 is 0 Å². The van der Waals surface area contributed by atoms with Gasteiger partial charge < -0.3 is 15.3 Å². The Morgan fingerprint density at radius 3 is 2.00 bits per heavy atom. The van der Waals surface area contributed by atoms with E-state index in [1.54, 1.807) is 0 Å². The van der Waals surface area contributed by atoms with E-state index in [0.29, 0.717) is 18.1 Å². The number of rotatable bonds is 10. The van der Waals surface area contributed by atoms with Crippen LogP contribution >= 0.6 is 0 Å². The summed E-state index contributed by atoms with van der Waals surface area (Å²) in [7, 11) is 4.24. The summed E-state index contributed by atoms with van der Waals surface area (Å²) >= 11 is 0. The first-order valence-corrected chi connectivity index (χ1v) is 7.94. The fourth-order valence-electron chi connectivity index (χ4n) is 3.33. The zero-order chi connectivity index (χ0) is 15.9. The summed E-state index contributed by atoms with van der Waals surface area (Å²) in [6.45, 7) is 15.4. The molecule has 0 saturated carbocycles. The molecular weight excluding hydrogens is 250 g/mol. The Morgan fingerprint density at radius 2 is 1.65 bits per heavy atom. The normalized spacial score (nSPS) is 18.6. The summed E-state index contributed by atoms with van der Waals surface area (Å²) in [6, 6.07) is 1.35. The molecule has 2 N–H and O–H groups in total. The SMILES string of the molecule is CCN(C(C)CN(C)C)C(C)CC(C)(CO)NC(C)C. The van der Waals surface area contributed by atoms with Crippen molar-refractivity contribution in [1.29, 1.82) is 0 Å². The van der Waals surface area contributed by atoms with Crippen molar-refractivity contribution in [3.63, 3.8) is 0 Å². The molecule has 0 saturated heterocycles. The van der Waals surface area contributed by atoms with Gasteiger partial charge in [-0.3, -0.25) is 4.90 Å². The molecule has 3 unspecified atom stereocenters. The molecule has 0 aliphatic carbocycles. The van der Waals surface area contributed by atoms with E-state index in [-0.39, 0.29) is 12.1 Å². The number of nitrogens with zero attached hydrogens (tertiary/aromatic N) is 2. The lowest BCUT2D eigenvalue weighted by Gasteiger charge is -2.40. The lowest BCUT2D eigenvalue weighted by Crippen LogP contribution is -2.54. The van der Waals surface area contributed by atoms with E-state index >= 15 is 0 Å². The molecule has 0 fully saturated rings. The lowest BCUT2D eigenvalue weighted by molar-refractivity contribution is 0.0828. The Bertz CT molecular complexity index is 258. The molecule has 3 atom stereocenters. The Hall–Kier alpha value is -0.160. The van der Waals surface area contributed by atoms with Crippen molar-refractivity contribution in [3.05, 3.63) is 0 Å². The van der Waals surface area contributed by atoms with Gasteiger partial charge >= 0.3 is 0 Å². The fraction of sp³-hybridized carbons (Fsp3) is 1.00. The average Bonchev–Trinajstić information content (AvgIpc) is 2.27. The van der Waals surface area contributed by atoms with E-state index in [1.165, 1.54) is 0 Å². The van der Waals surface area contributed by atoms with Gasteiger partial charge in [0.25, 0.3) is 0 Å². The maximum Gasteiger partial charge on any atom is 0.0611 e. The molecule has 0 heterocycles. The van der Waals surface area contributed by atoms with Gasteiger partial charge in [-0.2, -0.15) is 0 Å². The average molecular weight is 287 g/mol. The van der Waals surface area contributed by atoms with Crippen molar-refractivity contribution in [2.75, 3.05) is 33.8 Å². The number of aliphatic hydroxyl groups is 1. The smallest absolute Gasteiger partial charge is 0.0611 e. The second kappa shape index (κ2) is 8.98. The second-order valence-electron chi connectivity index (χ2n) is 7.01. The topological polar surface area (TPSA) is 38.7 Å². The zero-order valence-corrected chi connectivity index (χ0v) is 14.9. The maximum atomic E-state index is 9.73. The van der Waals surface area contributed by atoms with Gasteiger partial charge in [-0.15, -0.1) is 0 Å². The monoisotopic (exact) mass is 287 g/mol. The predicted octanol–water partition coefficient (Wildman–Crippen LogP) is 1.79. The third kappa shape index (κ3) is 7.02. The van der Waals surface area contributed by atoms with Gasteiger partial charge in [0, 0.05) is 30.2 Å². The summed E-state index contributed by atoms with van der Waals surface area (Å²) in [5, 5.41) is 13.2. The third-order valence-corrected chi connectivity index (χ3v) is 3.86. The largest absolute Gasteiger partial charge is 0.394 e. The summed E-state index contributed by atoms with van der Waals surface area (Å²) in [5.41, 5.74) is -0.209. The Morgan fingerprint density at radius 1 is 1.10 bits per heavy atom. The molecule has 0 bridgehead atoms. The fourth-order valence-corrected chi connectivity index (χ4v) is 3.33. The molecule has 20 heavy (non-hydrogen) atoms. The van der Waals surface area contributed by atoms with E-state index in [0.717, 1.165) is 19.5 Å². The highest BCUT2D eigenvalue weighted by molar-refractivity contribution is 4.89. The van der Waals surface area contributed by atoms with Crippen LogP contribution in [0.1, 0.15) is 48.0 Å². The molecule has 0 aliphatic rings. The number of aliphatic hydroxyl groups excluding tert-OH is 1. The van der Waals surface area contributed by atoms with Crippen molar-refractivity contribution in [3.8, 4) is 0 Å². The van der Waals surface area contributed by atoms with Crippen LogP contribution in [-0.4, -0.2) is 72.4 Å². The summed E-state index contributed by atoms with van der Waals surface area (Å²) in [5.74, 6) is 0. The quantitative estimate of drug-likeness (QED) is 0.642. The Kier molecular flexibility index (Phi) is 8.91. The molecule has 4 heteroatoms. The lowest BCUT2D eigenvalue weighted by atomic mass is 9.92. The van der Waals surface area contributed by atoms with Gasteiger partial charge in [0.2, 0.25) is 0 Å². The first kappa shape index (κ1) is 19.8. The van der Waals surface area contributed by atoms with Crippen LogP contribution in [-0.2, 0) is 0 Å². The van der Waals surface area contributed by atoms with Crippen LogP contribution < -0.4 is 5.32 Å². The van der Waals surface area contributed by atoms with E-state index < -0.39 is 0 Å². The van der Waals surface area contributed by atoms with E-state index in [2.05, 4.69) is 70.8 Å². The van der Waals surface area contributed by atoms with Gasteiger partial charge in [0.1, 0.15) is 0 Å². The van der Waals surface area contributed by atoms with Crippen LogP contribution in [0.25, 0.3) is 0 Å². The number of nitrogens with one attached hydrogen (secondary N) is 1. The highest BCUT2D eigenvalue weighted by Crippen LogP contribution is 2.19. The third-order valence-electron chi connectivity index (χ3n) is 3.86. The molecule has 0 radical (unpaired) electrons. The van der Waals surface area contributed by atoms with Crippen LogP contribution in [0.2, 0.25) is 0 Å². The molecule has 122 valence electrons. The molecule has 4 nitrogen and oxygen atoms in total. The van der Waals surface area contributed by atoms with Gasteiger partial charge in [0.05, 0.1) is 6.61 Å². The van der Waals surface area contributed by atoms with Crippen molar-refractivity contribution in [2.24, 2.45) is 0 Å². The molecule has 0 aromatic heterocycles. The van der Waals surface area contributed by atoms with Crippen LogP contribution in [0.5, 0.6) is 0 Å². The van der Waals surface area contributed by atoms with Gasteiger partial charge in [-0.05, 0) is 47.8 Å². The zero-order valence-electron chi connectivity index (χ0n) is 14.9. The minimum Gasteiger partial charge on any atom is -0.394 e. The van der Waals surface area contributed by atoms with Gasteiger partial charge in [0.15, 0.2) is 0 Å². The van der Waals surface area contributed by atoms with Crippen LogP contribution in [0.15, 0.2) is 0 Å². The highest BCUT2D eigenvalue weighted by Gasteiger charge is 2.30. The molecule has 0 aromatic rings. The minimum atomic E-state index is -0.209. The van der Waals surface area contributed by atoms with Gasteiger partial charge in [-0.1, -0.05) is 20.8 Å². The number of hydrogen-bond acceptors (Lipinski definition) is 4. The molecular formula is C16H37N3O. The Labute approximate surface area is 126 Å². The minimum absolute atomic E-state index is 0.176. The standard InChI is InChI=1S/C16H37N3O/c1-9-19(15(5)11-18(7)8)14(4)10-16(6,12-20)17-13(2)3/h13-15,17,20H,9-12H2,1-8H3. The highest BCUT2D eigenvalue weighted by atomic mass is 16.3. The second-order valence-corrected chi connectivity index (χ2v) is 7.01. The molecule has 0 rings (SSSR count). The Balaban J connectivity index is 4.70. The van der Waals surface area contributed by atoms with E-state index in [9.17, 15) is 5.11 Å². The predicted molar refractivity (Wildman–Crippen MR) is 88.2 cm³/mol.